The molecule has 31 heavy (non-hydrogen) atoms. The van der Waals surface area contributed by atoms with Crippen LogP contribution in [0.4, 0.5) is 25.0 Å². The van der Waals surface area contributed by atoms with E-state index in [9.17, 15) is 28.0 Å². The fourth-order valence-corrected chi connectivity index (χ4v) is 4.24. The molecule has 0 radical (unpaired) electrons. The van der Waals surface area contributed by atoms with Gasteiger partial charge in [-0.3, -0.25) is 24.1 Å². The first-order valence-electron chi connectivity index (χ1n) is 9.46. The van der Waals surface area contributed by atoms with Crippen LogP contribution in [0, 0.1) is 17.6 Å². The van der Waals surface area contributed by atoms with Crippen molar-refractivity contribution in [1.29, 1.82) is 0 Å². The van der Waals surface area contributed by atoms with Crippen molar-refractivity contribution in [3.63, 3.8) is 0 Å². The number of nitrogens with zero attached hydrogens (tertiary/aromatic N) is 2. The molecule has 2 heterocycles. The van der Waals surface area contributed by atoms with Gasteiger partial charge in [-0.2, -0.15) is 0 Å². The fraction of sp³-hybridized carbons (Fsp3) is 0.238. The monoisotopic (exact) mass is 445 g/mol. The molecule has 2 aromatic rings. The molecule has 2 fully saturated rings. The summed E-state index contributed by atoms with van der Waals surface area (Å²) in [6, 6.07) is 9.40. The predicted molar refractivity (Wildman–Crippen MR) is 110 cm³/mol. The summed E-state index contributed by atoms with van der Waals surface area (Å²) >= 11 is 0.962. The molecule has 2 saturated heterocycles. The number of thioether (sulfide) groups is 1. The summed E-state index contributed by atoms with van der Waals surface area (Å²) in [5, 5.41) is 2.37. The van der Waals surface area contributed by atoms with Crippen molar-refractivity contribution in [2.24, 2.45) is 5.92 Å². The maximum atomic E-state index is 13.5. The molecule has 7 nitrogen and oxygen atoms in total. The first-order valence-corrected chi connectivity index (χ1v) is 10.4. The van der Waals surface area contributed by atoms with Crippen LogP contribution in [0.5, 0.6) is 0 Å². The average Bonchev–Trinajstić information content (AvgIpc) is 3.25. The summed E-state index contributed by atoms with van der Waals surface area (Å²) in [4.78, 5) is 50.9. The van der Waals surface area contributed by atoms with Crippen molar-refractivity contribution in [2.45, 2.75) is 13.0 Å². The molecule has 1 atom stereocenters. The Morgan fingerprint density at radius 3 is 2.35 bits per heavy atom. The average molecular weight is 445 g/mol. The fourth-order valence-electron chi connectivity index (χ4n) is 3.51. The minimum atomic E-state index is -0.970. The van der Waals surface area contributed by atoms with E-state index in [1.54, 1.807) is 24.3 Å². The number of carbonyl (C=O) groups excluding carboxylic acids is 4. The van der Waals surface area contributed by atoms with E-state index < -0.39 is 29.4 Å². The van der Waals surface area contributed by atoms with E-state index in [2.05, 4.69) is 5.32 Å². The lowest BCUT2D eigenvalue weighted by molar-refractivity contribution is -0.129. The first kappa shape index (κ1) is 21.0. The molecule has 1 unspecified atom stereocenters. The molecule has 160 valence electrons. The molecule has 0 bridgehead atoms. The Morgan fingerprint density at radius 1 is 1.06 bits per heavy atom. The van der Waals surface area contributed by atoms with E-state index >= 15 is 0 Å². The van der Waals surface area contributed by atoms with Crippen LogP contribution in [-0.2, 0) is 20.9 Å². The van der Waals surface area contributed by atoms with E-state index in [0.717, 1.165) is 29.5 Å². The Hall–Kier alpha value is -3.27. The minimum absolute atomic E-state index is 0.0753. The molecule has 0 aliphatic carbocycles. The number of anilines is 2. The Bertz CT molecular complexity index is 1040. The van der Waals surface area contributed by atoms with Crippen LogP contribution in [-0.4, -0.2) is 40.2 Å². The van der Waals surface area contributed by atoms with Gasteiger partial charge in [-0.1, -0.05) is 23.9 Å². The van der Waals surface area contributed by atoms with Gasteiger partial charge in [-0.15, -0.1) is 0 Å². The van der Waals surface area contributed by atoms with E-state index in [1.165, 1.54) is 9.80 Å². The number of halogens is 2. The Morgan fingerprint density at radius 2 is 1.74 bits per heavy atom. The standard InChI is InChI=1S/C21H17F2N3O4S/c22-13-7-14(23)9-16(8-13)25-6-5-17(20(25)29)19(28)24-15-3-1-12(2-4-15)10-26-18(27)11-31-21(26)30/h1-4,7-9,17H,5-6,10-11H2,(H,24,28). The second-order valence-corrected chi connectivity index (χ2v) is 8.11. The highest BCUT2D eigenvalue weighted by Gasteiger charge is 2.38. The van der Waals surface area contributed by atoms with Gasteiger partial charge in [0.2, 0.25) is 17.7 Å². The van der Waals surface area contributed by atoms with Crippen LogP contribution >= 0.6 is 11.8 Å². The third-order valence-corrected chi connectivity index (χ3v) is 5.94. The molecule has 0 spiro atoms. The summed E-state index contributed by atoms with van der Waals surface area (Å²) in [5.74, 6) is -3.71. The molecule has 4 amide bonds. The summed E-state index contributed by atoms with van der Waals surface area (Å²) in [7, 11) is 0. The molecule has 1 N–H and O–H groups in total. The zero-order valence-electron chi connectivity index (χ0n) is 16.1. The number of hydrogen-bond donors (Lipinski definition) is 1. The normalized spacial score (nSPS) is 18.8. The molecule has 0 saturated carbocycles. The van der Waals surface area contributed by atoms with Gasteiger partial charge in [0.15, 0.2) is 0 Å². The highest BCUT2D eigenvalue weighted by atomic mass is 32.2. The van der Waals surface area contributed by atoms with E-state index in [4.69, 9.17) is 0 Å². The van der Waals surface area contributed by atoms with E-state index in [0.29, 0.717) is 11.8 Å². The number of imide groups is 1. The number of rotatable bonds is 5. The molecular weight excluding hydrogens is 428 g/mol. The Labute approximate surface area is 180 Å². The number of amides is 4. The molecule has 2 aliphatic rings. The molecule has 2 aliphatic heterocycles. The molecule has 2 aromatic carbocycles. The zero-order chi connectivity index (χ0) is 22.1. The second kappa shape index (κ2) is 8.46. The summed E-state index contributed by atoms with van der Waals surface area (Å²) in [5.41, 5.74) is 1.25. The lowest BCUT2D eigenvalue weighted by Crippen LogP contribution is -2.33. The lowest BCUT2D eigenvalue weighted by Gasteiger charge is -2.17. The van der Waals surface area contributed by atoms with Crippen LogP contribution < -0.4 is 10.2 Å². The summed E-state index contributed by atoms with van der Waals surface area (Å²) in [6.45, 7) is 0.327. The maximum Gasteiger partial charge on any atom is 0.289 e. The summed E-state index contributed by atoms with van der Waals surface area (Å²) < 4.78 is 26.9. The zero-order valence-corrected chi connectivity index (χ0v) is 17.0. The first-order chi connectivity index (χ1) is 14.8. The van der Waals surface area contributed by atoms with Crippen molar-refractivity contribution in [3.8, 4) is 0 Å². The second-order valence-electron chi connectivity index (χ2n) is 7.18. The Balaban J connectivity index is 1.38. The topological polar surface area (TPSA) is 86.8 Å². The maximum absolute atomic E-state index is 13.5. The lowest BCUT2D eigenvalue weighted by atomic mass is 10.1. The van der Waals surface area contributed by atoms with Crippen molar-refractivity contribution < 1.29 is 28.0 Å². The number of nitrogens with one attached hydrogen (secondary N) is 1. The number of hydrogen-bond acceptors (Lipinski definition) is 5. The molecule has 0 aromatic heterocycles. The van der Waals surface area contributed by atoms with Crippen molar-refractivity contribution in [2.75, 3.05) is 22.5 Å². The van der Waals surface area contributed by atoms with Crippen molar-refractivity contribution >= 4 is 46.1 Å². The third kappa shape index (κ3) is 4.43. The number of carbonyl (C=O) groups is 4. The van der Waals surface area contributed by atoms with Gasteiger partial charge < -0.3 is 10.2 Å². The smallest absolute Gasteiger partial charge is 0.289 e. The van der Waals surface area contributed by atoms with Gasteiger partial charge in [0.25, 0.3) is 5.24 Å². The van der Waals surface area contributed by atoms with Gasteiger partial charge in [0.05, 0.1) is 12.3 Å². The summed E-state index contributed by atoms with van der Waals surface area (Å²) in [6.07, 6.45) is 0.220. The molecule has 10 heteroatoms. The third-order valence-electron chi connectivity index (χ3n) is 5.08. The minimum Gasteiger partial charge on any atom is -0.325 e. The van der Waals surface area contributed by atoms with Crippen LogP contribution in [0.1, 0.15) is 12.0 Å². The Kier molecular flexibility index (Phi) is 5.73. The predicted octanol–water partition coefficient (Wildman–Crippen LogP) is 3.15. The van der Waals surface area contributed by atoms with Crippen LogP contribution in [0.2, 0.25) is 0 Å². The van der Waals surface area contributed by atoms with E-state index in [1.807, 2.05) is 0 Å². The van der Waals surface area contributed by atoms with Crippen molar-refractivity contribution in [3.05, 3.63) is 59.7 Å². The molecular formula is C21H17F2N3O4S. The number of benzene rings is 2. The van der Waals surface area contributed by atoms with Gasteiger partial charge in [-0.25, -0.2) is 8.78 Å². The SMILES string of the molecule is O=C(Nc1ccc(CN2C(=O)CSC2=O)cc1)C1CCN(c2cc(F)cc(F)c2)C1=O. The van der Waals surface area contributed by atoms with Crippen molar-refractivity contribution in [1.82, 2.24) is 4.90 Å². The van der Waals surface area contributed by atoms with Crippen LogP contribution in [0.3, 0.4) is 0 Å². The van der Waals surface area contributed by atoms with Gasteiger partial charge >= 0.3 is 0 Å². The van der Waals surface area contributed by atoms with E-state index in [-0.39, 0.29) is 42.1 Å². The van der Waals surface area contributed by atoms with Gasteiger partial charge in [-0.05, 0) is 36.2 Å². The van der Waals surface area contributed by atoms with Crippen LogP contribution in [0.15, 0.2) is 42.5 Å². The van der Waals surface area contributed by atoms with Gasteiger partial charge in [0.1, 0.15) is 17.6 Å². The highest BCUT2D eigenvalue weighted by Crippen LogP contribution is 2.28. The van der Waals surface area contributed by atoms with Gasteiger partial charge in [0, 0.05) is 24.0 Å². The largest absolute Gasteiger partial charge is 0.325 e. The molecule has 4 rings (SSSR count). The highest BCUT2D eigenvalue weighted by molar-refractivity contribution is 8.14. The van der Waals surface area contributed by atoms with Crippen LogP contribution in [0.25, 0.3) is 0 Å². The quantitative estimate of drug-likeness (QED) is 0.715.